The van der Waals surface area contributed by atoms with E-state index in [0.717, 1.165) is 62.4 Å². The highest BCUT2D eigenvalue weighted by molar-refractivity contribution is 14.0. The molecule has 2 aliphatic heterocycles. The fraction of sp³-hybridized carbons (Fsp3) is 0.481. The number of nitrogens with one attached hydrogen (secondary N) is 1. The van der Waals surface area contributed by atoms with Crippen molar-refractivity contribution in [3.63, 3.8) is 0 Å². The van der Waals surface area contributed by atoms with E-state index < -0.39 is 0 Å². The molecule has 4 heterocycles. The van der Waals surface area contributed by atoms with Crippen LogP contribution in [-0.2, 0) is 13.0 Å². The van der Waals surface area contributed by atoms with Crippen LogP contribution in [0, 0.1) is 5.92 Å². The summed E-state index contributed by atoms with van der Waals surface area (Å²) < 4.78 is 2.08. The van der Waals surface area contributed by atoms with Gasteiger partial charge in [-0.3, -0.25) is 9.89 Å². The third-order valence-corrected chi connectivity index (χ3v) is 7.09. The number of benzene rings is 1. The SMILES string of the molecule is CCNC(=NCCc1cn2ccccc2n1)N1CCC2C(CCCN2Cc2ccccc2)C1.I. The molecule has 34 heavy (non-hydrogen) atoms. The second kappa shape index (κ2) is 12.0. The molecule has 2 unspecified atom stereocenters. The minimum atomic E-state index is 0. The number of fused-ring (bicyclic) bond motifs is 2. The van der Waals surface area contributed by atoms with Crippen molar-refractivity contribution in [2.75, 3.05) is 32.7 Å². The van der Waals surface area contributed by atoms with Gasteiger partial charge in [0.1, 0.15) is 5.65 Å². The number of nitrogens with zero attached hydrogens (tertiary/aromatic N) is 5. The number of guanidine groups is 1. The fourth-order valence-corrected chi connectivity index (χ4v) is 5.52. The molecule has 2 atom stereocenters. The maximum Gasteiger partial charge on any atom is 0.193 e. The first-order valence-electron chi connectivity index (χ1n) is 12.5. The van der Waals surface area contributed by atoms with E-state index in [1.54, 1.807) is 0 Å². The molecule has 5 rings (SSSR count). The zero-order valence-corrected chi connectivity index (χ0v) is 22.5. The Labute approximate surface area is 220 Å². The number of hydrogen-bond acceptors (Lipinski definition) is 3. The summed E-state index contributed by atoms with van der Waals surface area (Å²) in [6.07, 6.45) is 8.87. The fourth-order valence-electron chi connectivity index (χ4n) is 5.52. The molecule has 0 spiro atoms. The van der Waals surface area contributed by atoms with Crippen LogP contribution >= 0.6 is 24.0 Å². The molecule has 0 bridgehead atoms. The van der Waals surface area contributed by atoms with Crippen LogP contribution in [-0.4, -0.2) is 63.9 Å². The summed E-state index contributed by atoms with van der Waals surface area (Å²) in [5, 5.41) is 3.55. The highest BCUT2D eigenvalue weighted by Gasteiger charge is 2.36. The van der Waals surface area contributed by atoms with Gasteiger partial charge in [0.15, 0.2) is 5.96 Å². The normalized spacial score (nSPS) is 21.2. The zero-order chi connectivity index (χ0) is 22.5. The number of aliphatic imine (C=N–C) groups is 1. The number of imidazole rings is 1. The monoisotopic (exact) mass is 572 g/mol. The van der Waals surface area contributed by atoms with E-state index in [1.807, 2.05) is 18.2 Å². The van der Waals surface area contributed by atoms with Crippen molar-refractivity contribution < 1.29 is 0 Å². The summed E-state index contributed by atoms with van der Waals surface area (Å²) in [5.41, 5.74) is 3.54. The second-order valence-corrected chi connectivity index (χ2v) is 9.34. The minimum absolute atomic E-state index is 0. The van der Waals surface area contributed by atoms with Crippen molar-refractivity contribution in [3.8, 4) is 0 Å². The molecule has 0 amide bonds. The molecule has 182 valence electrons. The van der Waals surface area contributed by atoms with Crippen LogP contribution in [0.4, 0.5) is 0 Å². The predicted octanol–water partition coefficient (Wildman–Crippen LogP) is 4.45. The smallest absolute Gasteiger partial charge is 0.193 e. The molecule has 2 saturated heterocycles. The Hall–Kier alpha value is -2.13. The lowest BCUT2D eigenvalue weighted by Crippen LogP contribution is -2.56. The van der Waals surface area contributed by atoms with Crippen LogP contribution in [0.2, 0.25) is 0 Å². The van der Waals surface area contributed by atoms with Crippen molar-refractivity contribution in [1.82, 2.24) is 24.5 Å². The molecule has 1 aromatic carbocycles. The first-order valence-corrected chi connectivity index (χ1v) is 12.5. The average molecular weight is 573 g/mol. The van der Waals surface area contributed by atoms with Crippen LogP contribution in [0.1, 0.15) is 37.4 Å². The summed E-state index contributed by atoms with van der Waals surface area (Å²) in [7, 11) is 0. The standard InChI is InChI=1S/C27H36N6.HI/c1-2-28-27(29-15-13-24-21-32-16-7-6-12-26(32)30-24)33-18-14-25-23(20-33)11-8-17-31(25)19-22-9-4-3-5-10-22;/h3-7,9-10,12,16,21,23,25H,2,8,11,13-15,17-20H2,1H3,(H,28,29);1H. The molecule has 1 N–H and O–H groups in total. The van der Waals surface area contributed by atoms with Gasteiger partial charge in [0.05, 0.1) is 5.69 Å². The third-order valence-electron chi connectivity index (χ3n) is 7.09. The van der Waals surface area contributed by atoms with E-state index in [1.165, 1.54) is 31.4 Å². The van der Waals surface area contributed by atoms with Gasteiger partial charge in [-0.2, -0.15) is 0 Å². The van der Waals surface area contributed by atoms with Crippen LogP contribution in [0.5, 0.6) is 0 Å². The summed E-state index contributed by atoms with van der Waals surface area (Å²) >= 11 is 0. The number of hydrogen-bond donors (Lipinski definition) is 1. The van der Waals surface area contributed by atoms with Crippen LogP contribution in [0.3, 0.4) is 0 Å². The molecule has 0 aliphatic carbocycles. The Kier molecular flexibility index (Phi) is 8.83. The quantitative estimate of drug-likeness (QED) is 0.270. The first kappa shape index (κ1) is 25.0. The molecule has 2 aliphatic rings. The Morgan fingerprint density at radius 2 is 1.94 bits per heavy atom. The Morgan fingerprint density at radius 3 is 2.76 bits per heavy atom. The zero-order valence-electron chi connectivity index (χ0n) is 20.1. The Balaban J connectivity index is 0.00000274. The molecule has 0 saturated carbocycles. The summed E-state index contributed by atoms with van der Waals surface area (Å²) in [6, 6.07) is 17.8. The third kappa shape index (κ3) is 5.92. The number of halogens is 1. The maximum absolute atomic E-state index is 5.00. The van der Waals surface area contributed by atoms with E-state index in [0.29, 0.717) is 6.04 Å². The maximum atomic E-state index is 5.00. The van der Waals surface area contributed by atoms with Gasteiger partial charge >= 0.3 is 0 Å². The van der Waals surface area contributed by atoms with Crippen LogP contribution < -0.4 is 5.32 Å². The molecular formula is C27H37IN6. The molecular weight excluding hydrogens is 535 g/mol. The summed E-state index contributed by atoms with van der Waals surface area (Å²) in [6.45, 7) is 8.31. The van der Waals surface area contributed by atoms with E-state index in [9.17, 15) is 0 Å². The second-order valence-electron chi connectivity index (χ2n) is 9.34. The number of piperidine rings is 2. The van der Waals surface area contributed by atoms with Crippen molar-refractivity contribution in [2.45, 2.75) is 45.2 Å². The van der Waals surface area contributed by atoms with Gasteiger partial charge in [-0.15, -0.1) is 24.0 Å². The summed E-state index contributed by atoms with van der Waals surface area (Å²) in [4.78, 5) is 14.9. The van der Waals surface area contributed by atoms with Crippen molar-refractivity contribution in [2.24, 2.45) is 10.9 Å². The van der Waals surface area contributed by atoms with E-state index >= 15 is 0 Å². The summed E-state index contributed by atoms with van der Waals surface area (Å²) in [5.74, 6) is 1.79. The minimum Gasteiger partial charge on any atom is -0.357 e. The Morgan fingerprint density at radius 1 is 1.09 bits per heavy atom. The largest absolute Gasteiger partial charge is 0.357 e. The van der Waals surface area contributed by atoms with Gasteiger partial charge in [-0.05, 0) is 56.3 Å². The highest BCUT2D eigenvalue weighted by Crippen LogP contribution is 2.31. The first-order chi connectivity index (χ1) is 16.3. The van der Waals surface area contributed by atoms with Crippen LogP contribution in [0.15, 0.2) is 65.9 Å². The van der Waals surface area contributed by atoms with Crippen molar-refractivity contribution in [3.05, 3.63) is 72.2 Å². The molecule has 2 fully saturated rings. The number of likely N-dealkylation sites (tertiary alicyclic amines) is 2. The van der Waals surface area contributed by atoms with Gasteiger partial charge < -0.3 is 14.6 Å². The van der Waals surface area contributed by atoms with Gasteiger partial charge in [-0.25, -0.2) is 4.98 Å². The topological polar surface area (TPSA) is 48.2 Å². The molecule has 3 aromatic rings. The van der Waals surface area contributed by atoms with Gasteiger partial charge in [0, 0.05) is 57.6 Å². The Bertz CT molecular complexity index is 1030. The average Bonchev–Trinajstić information content (AvgIpc) is 3.27. The van der Waals surface area contributed by atoms with Gasteiger partial charge in [-0.1, -0.05) is 36.4 Å². The predicted molar refractivity (Wildman–Crippen MR) is 150 cm³/mol. The molecule has 7 heteroatoms. The lowest BCUT2D eigenvalue weighted by Gasteiger charge is -2.48. The molecule has 2 aromatic heterocycles. The van der Waals surface area contributed by atoms with Gasteiger partial charge in [0.2, 0.25) is 0 Å². The lowest BCUT2D eigenvalue weighted by molar-refractivity contribution is 0.0372. The number of rotatable bonds is 6. The molecule has 0 radical (unpaired) electrons. The lowest BCUT2D eigenvalue weighted by atomic mass is 9.83. The van der Waals surface area contributed by atoms with E-state index in [4.69, 9.17) is 9.98 Å². The van der Waals surface area contributed by atoms with Crippen LogP contribution in [0.25, 0.3) is 5.65 Å². The number of aromatic nitrogens is 2. The molecule has 6 nitrogen and oxygen atoms in total. The van der Waals surface area contributed by atoms with Crippen molar-refractivity contribution >= 4 is 35.6 Å². The highest BCUT2D eigenvalue weighted by atomic mass is 127. The van der Waals surface area contributed by atoms with Gasteiger partial charge in [0.25, 0.3) is 0 Å². The van der Waals surface area contributed by atoms with E-state index in [2.05, 4.69) is 69.2 Å². The number of pyridine rings is 1. The van der Waals surface area contributed by atoms with E-state index in [-0.39, 0.29) is 24.0 Å². The van der Waals surface area contributed by atoms with Crippen molar-refractivity contribution in [1.29, 1.82) is 0 Å².